The second-order valence-corrected chi connectivity index (χ2v) is 4.43. The van der Waals surface area contributed by atoms with Crippen molar-refractivity contribution in [3.63, 3.8) is 0 Å². The van der Waals surface area contributed by atoms with Crippen molar-refractivity contribution in [2.75, 3.05) is 6.54 Å². The van der Waals surface area contributed by atoms with Gasteiger partial charge in [-0.15, -0.1) is 0 Å². The van der Waals surface area contributed by atoms with Crippen LogP contribution in [0.4, 0.5) is 0 Å². The van der Waals surface area contributed by atoms with Gasteiger partial charge in [-0.05, 0) is 12.8 Å². The van der Waals surface area contributed by atoms with E-state index in [-0.39, 0.29) is 24.3 Å². The first-order chi connectivity index (χ1) is 7.43. The highest BCUT2D eigenvalue weighted by Gasteiger charge is 2.43. The Bertz CT molecular complexity index is 425. The third kappa shape index (κ3) is 1.50. The van der Waals surface area contributed by atoms with Gasteiger partial charge in [0, 0.05) is 0 Å². The Balaban J connectivity index is 2.27. The smallest absolute Gasteiger partial charge is 0.253 e. The van der Waals surface area contributed by atoms with Crippen LogP contribution in [0.15, 0.2) is 9.98 Å². The number of amidine groups is 2. The van der Waals surface area contributed by atoms with E-state index in [1.165, 1.54) is 0 Å². The summed E-state index contributed by atoms with van der Waals surface area (Å²) < 4.78 is 0. The van der Waals surface area contributed by atoms with Crippen LogP contribution in [0.1, 0.15) is 20.8 Å². The molecule has 2 amide bonds. The molecule has 2 heterocycles. The molecule has 6 heteroatoms. The summed E-state index contributed by atoms with van der Waals surface area (Å²) in [6, 6.07) is 0. The Morgan fingerprint density at radius 2 is 1.94 bits per heavy atom. The Labute approximate surface area is 93.2 Å². The zero-order valence-corrected chi connectivity index (χ0v) is 9.50. The van der Waals surface area contributed by atoms with Gasteiger partial charge in [-0.3, -0.25) is 14.6 Å². The molecule has 2 rings (SSSR count). The SMILES string of the molecule is CC(C)C1(C)N=C(C2=NCC(=O)N2)NC1=O. The first kappa shape index (κ1) is 10.8. The Hall–Kier alpha value is -1.72. The maximum Gasteiger partial charge on any atom is 0.253 e. The van der Waals surface area contributed by atoms with Crippen LogP contribution in [0.5, 0.6) is 0 Å². The van der Waals surface area contributed by atoms with E-state index in [0.29, 0.717) is 11.7 Å². The molecule has 0 aromatic heterocycles. The second kappa shape index (κ2) is 3.40. The molecule has 0 aromatic rings. The molecule has 0 saturated carbocycles. The van der Waals surface area contributed by atoms with Gasteiger partial charge in [0.1, 0.15) is 12.1 Å². The van der Waals surface area contributed by atoms with Crippen LogP contribution in [-0.4, -0.2) is 35.6 Å². The molecule has 1 unspecified atom stereocenters. The minimum absolute atomic E-state index is 0.0858. The highest BCUT2D eigenvalue weighted by Crippen LogP contribution is 2.25. The minimum Gasteiger partial charge on any atom is -0.306 e. The van der Waals surface area contributed by atoms with Gasteiger partial charge in [-0.1, -0.05) is 13.8 Å². The third-order valence-corrected chi connectivity index (χ3v) is 3.02. The number of amides is 2. The molecule has 2 aliphatic heterocycles. The first-order valence-corrected chi connectivity index (χ1v) is 5.19. The summed E-state index contributed by atoms with van der Waals surface area (Å²) in [5.74, 6) is 0.490. The molecule has 16 heavy (non-hydrogen) atoms. The standard InChI is InChI=1S/C10H14N4O2/c1-5(2)10(3)9(16)13-8(14-10)7-11-4-6(15)12-7/h5H,4H2,1-3H3,(H,11,12,15)(H,13,14,16). The normalized spacial score (nSPS) is 29.0. The molecule has 0 saturated heterocycles. The molecule has 1 atom stereocenters. The van der Waals surface area contributed by atoms with Gasteiger partial charge in [0.05, 0.1) is 0 Å². The summed E-state index contributed by atoms with van der Waals surface area (Å²) in [6.45, 7) is 5.74. The zero-order chi connectivity index (χ0) is 11.9. The number of nitrogens with zero attached hydrogens (tertiary/aromatic N) is 2. The highest BCUT2D eigenvalue weighted by molar-refractivity contribution is 6.48. The number of aliphatic imine (C=N–C) groups is 2. The molecule has 0 radical (unpaired) electrons. The van der Waals surface area contributed by atoms with Crippen LogP contribution in [0.2, 0.25) is 0 Å². The monoisotopic (exact) mass is 222 g/mol. The molecular weight excluding hydrogens is 208 g/mol. The van der Waals surface area contributed by atoms with Crippen LogP contribution in [0.25, 0.3) is 0 Å². The maximum absolute atomic E-state index is 11.8. The van der Waals surface area contributed by atoms with E-state index in [1.54, 1.807) is 6.92 Å². The molecular formula is C10H14N4O2. The van der Waals surface area contributed by atoms with Crippen molar-refractivity contribution in [2.45, 2.75) is 26.3 Å². The van der Waals surface area contributed by atoms with E-state index in [1.807, 2.05) is 13.8 Å². The zero-order valence-electron chi connectivity index (χ0n) is 9.50. The summed E-state index contributed by atoms with van der Waals surface area (Å²) in [5.41, 5.74) is -0.773. The van der Waals surface area contributed by atoms with Gasteiger partial charge in [0.15, 0.2) is 11.7 Å². The van der Waals surface area contributed by atoms with E-state index in [0.717, 1.165) is 0 Å². The number of carbonyl (C=O) groups excluding carboxylic acids is 2. The maximum atomic E-state index is 11.8. The molecule has 86 valence electrons. The number of hydrogen-bond donors (Lipinski definition) is 2. The number of nitrogens with one attached hydrogen (secondary N) is 2. The lowest BCUT2D eigenvalue weighted by Crippen LogP contribution is -2.43. The van der Waals surface area contributed by atoms with Gasteiger partial charge >= 0.3 is 0 Å². The average Bonchev–Trinajstić information content (AvgIpc) is 2.73. The fourth-order valence-electron chi connectivity index (χ4n) is 1.54. The van der Waals surface area contributed by atoms with Crippen molar-refractivity contribution in [3.8, 4) is 0 Å². The van der Waals surface area contributed by atoms with E-state index in [2.05, 4.69) is 20.6 Å². The molecule has 2 N–H and O–H groups in total. The lowest BCUT2D eigenvalue weighted by atomic mass is 9.89. The van der Waals surface area contributed by atoms with Crippen LogP contribution in [-0.2, 0) is 9.59 Å². The number of hydrogen-bond acceptors (Lipinski definition) is 4. The Morgan fingerprint density at radius 1 is 1.25 bits per heavy atom. The Morgan fingerprint density at radius 3 is 2.38 bits per heavy atom. The van der Waals surface area contributed by atoms with Crippen LogP contribution >= 0.6 is 0 Å². The van der Waals surface area contributed by atoms with Crippen molar-refractivity contribution in [1.29, 1.82) is 0 Å². The Kier molecular flexibility index (Phi) is 2.29. The van der Waals surface area contributed by atoms with Crippen molar-refractivity contribution < 1.29 is 9.59 Å². The van der Waals surface area contributed by atoms with Gasteiger partial charge < -0.3 is 10.6 Å². The van der Waals surface area contributed by atoms with Gasteiger partial charge in [-0.25, -0.2) is 4.99 Å². The van der Waals surface area contributed by atoms with E-state index < -0.39 is 5.54 Å². The quantitative estimate of drug-likeness (QED) is 0.657. The predicted molar refractivity (Wildman–Crippen MR) is 59.3 cm³/mol. The molecule has 0 spiro atoms. The van der Waals surface area contributed by atoms with Gasteiger partial charge in [-0.2, -0.15) is 0 Å². The second-order valence-electron chi connectivity index (χ2n) is 4.43. The number of carbonyl (C=O) groups is 2. The molecule has 0 aliphatic carbocycles. The van der Waals surface area contributed by atoms with Crippen molar-refractivity contribution >= 4 is 23.5 Å². The third-order valence-electron chi connectivity index (χ3n) is 3.02. The van der Waals surface area contributed by atoms with Crippen molar-refractivity contribution in [2.24, 2.45) is 15.9 Å². The van der Waals surface area contributed by atoms with Crippen LogP contribution < -0.4 is 10.6 Å². The summed E-state index contributed by atoms with van der Waals surface area (Å²) in [5, 5.41) is 5.21. The minimum atomic E-state index is -0.773. The van der Waals surface area contributed by atoms with Crippen LogP contribution in [0, 0.1) is 5.92 Å². The van der Waals surface area contributed by atoms with Crippen molar-refractivity contribution in [1.82, 2.24) is 10.6 Å². The lowest BCUT2D eigenvalue weighted by molar-refractivity contribution is -0.124. The number of rotatable bonds is 2. The first-order valence-electron chi connectivity index (χ1n) is 5.19. The summed E-state index contributed by atoms with van der Waals surface area (Å²) in [4.78, 5) is 31.1. The van der Waals surface area contributed by atoms with Crippen molar-refractivity contribution in [3.05, 3.63) is 0 Å². The highest BCUT2D eigenvalue weighted by atomic mass is 16.2. The van der Waals surface area contributed by atoms with E-state index in [4.69, 9.17) is 0 Å². The summed E-state index contributed by atoms with van der Waals surface area (Å²) in [6.07, 6.45) is 0. The van der Waals surface area contributed by atoms with Crippen LogP contribution in [0.3, 0.4) is 0 Å². The summed E-state index contributed by atoms with van der Waals surface area (Å²) >= 11 is 0. The van der Waals surface area contributed by atoms with E-state index >= 15 is 0 Å². The van der Waals surface area contributed by atoms with Gasteiger partial charge in [0.25, 0.3) is 5.91 Å². The fourth-order valence-corrected chi connectivity index (χ4v) is 1.54. The van der Waals surface area contributed by atoms with E-state index in [9.17, 15) is 9.59 Å². The lowest BCUT2D eigenvalue weighted by Gasteiger charge is -2.21. The molecule has 0 aromatic carbocycles. The van der Waals surface area contributed by atoms with Gasteiger partial charge in [0.2, 0.25) is 5.91 Å². The molecule has 0 bridgehead atoms. The molecule has 0 fully saturated rings. The molecule has 2 aliphatic rings. The topological polar surface area (TPSA) is 82.9 Å². The predicted octanol–water partition coefficient (Wildman–Crippen LogP) is -0.542. The molecule has 6 nitrogen and oxygen atoms in total. The summed E-state index contributed by atoms with van der Waals surface area (Å²) in [7, 11) is 0. The largest absolute Gasteiger partial charge is 0.306 e. The average molecular weight is 222 g/mol. The fraction of sp³-hybridized carbons (Fsp3) is 0.600.